The zero-order valence-electron chi connectivity index (χ0n) is 19.1. The second-order valence-corrected chi connectivity index (χ2v) is 8.21. The van der Waals surface area contributed by atoms with Crippen LogP contribution in [0.4, 0.5) is 0 Å². The van der Waals surface area contributed by atoms with Gasteiger partial charge in [0.05, 0.1) is 20.1 Å². The Morgan fingerprint density at radius 2 is 1.93 bits per heavy atom. The smallest absolute Gasteiger partial charge is 0.310 e. The molecular formula is C25H35ClO4. The quantitative estimate of drug-likeness (QED) is 0.158. The third-order valence-corrected chi connectivity index (χ3v) is 5.02. The SMILES string of the molecule is C=C(/C=C/Cl)Oc1ccc(CCC(C)C)c(OC)c1CC(=O)OCCC(C)=C(C)C. The maximum Gasteiger partial charge on any atom is 0.310 e. The van der Waals surface area contributed by atoms with Crippen molar-refractivity contribution in [3.8, 4) is 11.5 Å². The van der Waals surface area contributed by atoms with Crippen LogP contribution in [0.2, 0.25) is 0 Å². The predicted octanol–water partition coefficient (Wildman–Crippen LogP) is 6.76. The molecule has 4 nitrogen and oxygen atoms in total. The van der Waals surface area contributed by atoms with E-state index in [-0.39, 0.29) is 12.4 Å². The molecule has 0 aliphatic carbocycles. The summed E-state index contributed by atoms with van der Waals surface area (Å²) in [6.07, 6.45) is 4.20. The number of hydrogen-bond donors (Lipinski definition) is 0. The molecule has 0 spiro atoms. The summed E-state index contributed by atoms with van der Waals surface area (Å²) < 4.78 is 17.0. The number of aryl methyl sites for hydroxylation is 1. The lowest BCUT2D eigenvalue weighted by Gasteiger charge is -2.18. The number of esters is 1. The van der Waals surface area contributed by atoms with Crippen LogP contribution in [0.1, 0.15) is 58.6 Å². The molecule has 0 aliphatic rings. The normalized spacial score (nSPS) is 10.9. The summed E-state index contributed by atoms with van der Waals surface area (Å²) >= 11 is 5.62. The van der Waals surface area contributed by atoms with Crippen molar-refractivity contribution >= 4 is 17.6 Å². The first-order chi connectivity index (χ1) is 14.2. The molecule has 0 aromatic heterocycles. The van der Waals surface area contributed by atoms with Gasteiger partial charge in [0.1, 0.15) is 17.3 Å². The number of halogens is 1. The van der Waals surface area contributed by atoms with Gasteiger partial charge < -0.3 is 14.2 Å². The Balaban J connectivity index is 3.11. The van der Waals surface area contributed by atoms with Gasteiger partial charge in [0.2, 0.25) is 0 Å². The summed E-state index contributed by atoms with van der Waals surface area (Å²) in [6.45, 7) is 14.7. The van der Waals surface area contributed by atoms with Crippen molar-refractivity contribution in [1.82, 2.24) is 0 Å². The highest BCUT2D eigenvalue weighted by molar-refractivity contribution is 6.25. The number of allylic oxidation sites excluding steroid dienone is 2. The topological polar surface area (TPSA) is 44.8 Å². The summed E-state index contributed by atoms with van der Waals surface area (Å²) in [7, 11) is 1.61. The number of carbonyl (C=O) groups is 1. The summed E-state index contributed by atoms with van der Waals surface area (Å²) in [4.78, 5) is 12.6. The lowest BCUT2D eigenvalue weighted by molar-refractivity contribution is -0.142. The van der Waals surface area contributed by atoms with Crippen LogP contribution in [0.3, 0.4) is 0 Å². The molecule has 5 heteroatoms. The standard InChI is InChI=1S/C25H35ClO4/c1-17(2)8-9-21-10-11-23(30-20(6)12-14-26)22(25(21)28-7)16-24(27)29-15-13-19(5)18(3)4/h10-12,14,17H,6,8-9,13,15-16H2,1-5,7H3/b14-12+. The predicted molar refractivity (Wildman–Crippen MR) is 124 cm³/mol. The minimum atomic E-state index is -0.320. The summed E-state index contributed by atoms with van der Waals surface area (Å²) in [5.41, 5.74) is 5.50. The van der Waals surface area contributed by atoms with Crippen molar-refractivity contribution in [2.24, 2.45) is 5.92 Å². The highest BCUT2D eigenvalue weighted by Gasteiger charge is 2.20. The molecule has 0 amide bonds. The van der Waals surface area contributed by atoms with E-state index < -0.39 is 0 Å². The Morgan fingerprint density at radius 1 is 1.23 bits per heavy atom. The first-order valence-electron chi connectivity index (χ1n) is 10.3. The van der Waals surface area contributed by atoms with Crippen molar-refractivity contribution < 1.29 is 19.0 Å². The molecule has 30 heavy (non-hydrogen) atoms. The Hall–Kier alpha value is -2.20. The van der Waals surface area contributed by atoms with E-state index in [0.29, 0.717) is 35.3 Å². The molecule has 0 unspecified atom stereocenters. The van der Waals surface area contributed by atoms with Crippen LogP contribution in [0.15, 0.2) is 47.2 Å². The van der Waals surface area contributed by atoms with E-state index in [0.717, 1.165) is 24.8 Å². The highest BCUT2D eigenvalue weighted by Crippen LogP contribution is 2.35. The van der Waals surface area contributed by atoms with Crippen LogP contribution in [0.25, 0.3) is 0 Å². The zero-order chi connectivity index (χ0) is 22.7. The van der Waals surface area contributed by atoms with E-state index in [1.807, 2.05) is 19.1 Å². The van der Waals surface area contributed by atoms with Crippen molar-refractivity contribution in [3.63, 3.8) is 0 Å². The monoisotopic (exact) mass is 434 g/mol. The maximum absolute atomic E-state index is 12.6. The Kier molecular flexibility index (Phi) is 11.3. The molecule has 0 heterocycles. The molecule has 0 radical (unpaired) electrons. The van der Waals surface area contributed by atoms with Crippen LogP contribution in [0.5, 0.6) is 11.5 Å². The average Bonchev–Trinajstić information content (AvgIpc) is 2.67. The molecule has 1 aromatic rings. The summed E-state index contributed by atoms with van der Waals surface area (Å²) in [5.74, 6) is 1.78. The second kappa shape index (κ2) is 13.2. The molecule has 0 N–H and O–H groups in total. The van der Waals surface area contributed by atoms with Crippen molar-refractivity contribution in [1.29, 1.82) is 0 Å². The van der Waals surface area contributed by atoms with E-state index in [1.54, 1.807) is 13.2 Å². The number of benzene rings is 1. The van der Waals surface area contributed by atoms with Gasteiger partial charge in [0.25, 0.3) is 0 Å². The highest BCUT2D eigenvalue weighted by atomic mass is 35.5. The number of ether oxygens (including phenoxy) is 3. The molecule has 0 saturated heterocycles. The van der Waals surface area contributed by atoms with E-state index in [9.17, 15) is 4.79 Å². The van der Waals surface area contributed by atoms with Crippen molar-refractivity contribution in [2.75, 3.05) is 13.7 Å². The molecule has 166 valence electrons. The minimum Gasteiger partial charge on any atom is -0.496 e. The third kappa shape index (κ3) is 8.66. The van der Waals surface area contributed by atoms with Crippen LogP contribution in [-0.4, -0.2) is 19.7 Å². The number of hydrogen-bond acceptors (Lipinski definition) is 4. The van der Waals surface area contributed by atoms with E-state index in [4.69, 9.17) is 25.8 Å². The fraction of sp³-hybridized carbons (Fsp3) is 0.480. The largest absolute Gasteiger partial charge is 0.496 e. The van der Waals surface area contributed by atoms with Gasteiger partial charge in [-0.25, -0.2) is 0 Å². The molecule has 0 bridgehead atoms. The van der Waals surface area contributed by atoms with Crippen LogP contribution < -0.4 is 9.47 Å². The maximum atomic E-state index is 12.6. The molecule has 1 rings (SSSR count). The Morgan fingerprint density at radius 3 is 2.50 bits per heavy atom. The van der Waals surface area contributed by atoms with Crippen LogP contribution >= 0.6 is 11.6 Å². The van der Waals surface area contributed by atoms with E-state index in [2.05, 4.69) is 34.3 Å². The second-order valence-electron chi connectivity index (χ2n) is 7.96. The number of rotatable bonds is 12. The van der Waals surface area contributed by atoms with Gasteiger partial charge in [-0.3, -0.25) is 4.79 Å². The lowest BCUT2D eigenvalue weighted by Crippen LogP contribution is -2.12. The zero-order valence-corrected chi connectivity index (χ0v) is 19.9. The molecule has 0 aliphatic heterocycles. The minimum absolute atomic E-state index is 0.0553. The van der Waals surface area contributed by atoms with Crippen molar-refractivity contribution in [2.45, 2.75) is 60.3 Å². The Labute approximate surface area is 186 Å². The molecule has 0 fully saturated rings. The van der Waals surface area contributed by atoms with Gasteiger partial charge in [0, 0.05) is 17.5 Å². The number of carbonyl (C=O) groups excluding carboxylic acids is 1. The van der Waals surface area contributed by atoms with E-state index >= 15 is 0 Å². The Bertz CT molecular complexity index is 787. The number of methoxy groups -OCH3 is 1. The van der Waals surface area contributed by atoms with Crippen LogP contribution in [0, 0.1) is 5.92 Å². The molecular weight excluding hydrogens is 400 g/mol. The average molecular weight is 435 g/mol. The van der Waals surface area contributed by atoms with E-state index in [1.165, 1.54) is 16.7 Å². The molecule has 0 saturated carbocycles. The molecule has 1 aromatic carbocycles. The molecule has 0 atom stereocenters. The van der Waals surface area contributed by atoms with Gasteiger partial charge in [-0.1, -0.05) is 49.2 Å². The third-order valence-electron chi connectivity index (χ3n) is 4.90. The first-order valence-corrected chi connectivity index (χ1v) is 10.7. The summed E-state index contributed by atoms with van der Waals surface area (Å²) in [5, 5.41) is 0. The van der Waals surface area contributed by atoms with Gasteiger partial charge in [-0.05, 0) is 57.2 Å². The van der Waals surface area contributed by atoms with Gasteiger partial charge in [-0.2, -0.15) is 0 Å². The van der Waals surface area contributed by atoms with Crippen molar-refractivity contribution in [3.05, 3.63) is 58.4 Å². The summed E-state index contributed by atoms with van der Waals surface area (Å²) in [6, 6.07) is 3.82. The lowest BCUT2D eigenvalue weighted by atomic mass is 9.98. The first kappa shape index (κ1) is 25.8. The fourth-order valence-corrected chi connectivity index (χ4v) is 2.97. The van der Waals surface area contributed by atoms with Gasteiger partial charge in [0.15, 0.2) is 0 Å². The van der Waals surface area contributed by atoms with Gasteiger partial charge >= 0.3 is 5.97 Å². The van der Waals surface area contributed by atoms with Gasteiger partial charge in [-0.15, -0.1) is 0 Å². The van der Waals surface area contributed by atoms with Crippen LogP contribution in [-0.2, 0) is 22.4 Å². The fourth-order valence-electron chi connectivity index (χ4n) is 2.83.